The van der Waals surface area contributed by atoms with Gasteiger partial charge in [-0.3, -0.25) is 0 Å². The molecule has 0 unspecified atom stereocenters. The van der Waals surface area contributed by atoms with Crippen LogP contribution in [0.25, 0.3) is 0 Å². The van der Waals surface area contributed by atoms with Gasteiger partial charge in [0.1, 0.15) is 5.82 Å². The summed E-state index contributed by atoms with van der Waals surface area (Å²) < 4.78 is 1.02. The van der Waals surface area contributed by atoms with Gasteiger partial charge < -0.3 is 5.32 Å². The van der Waals surface area contributed by atoms with Crippen LogP contribution in [0.3, 0.4) is 0 Å². The van der Waals surface area contributed by atoms with Gasteiger partial charge in [0.05, 0.1) is 3.57 Å². The minimum atomic E-state index is 0.308. The second kappa shape index (κ2) is 3.96. The Morgan fingerprint density at radius 1 is 1.54 bits per heavy atom. The number of nitrogens with one attached hydrogen (secondary N) is 1. The molecule has 0 bridgehead atoms. The first-order chi connectivity index (χ1) is 6.25. The molecule has 1 saturated carbocycles. The minimum Gasteiger partial charge on any atom is -0.366 e. The Labute approximate surface area is 95.4 Å². The smallest absolute Gasteiger partial charge is 0.224 e. The zero-order valence-electron chi connectivity index (χ0n) is 6.93. The number of hydrogen-bond acceptors (Lipinski definition) is 3. The van der Waals surface area contributed by atoms with Crippen molar-refractivity contribution in [1.82, 2.24) is 9.97 Å². The van der Waals surface area contributed by atoms with Crippen LogP contribution in [0.5, 0.6) is 0 Å². The highest BCUT2D eigenvalue weighted by Crippen LogP contribution is 2.25. The number of nitrogens with zero attached hydrogens (tertiary/aromatic N) is 2. The molecule has 0 aliphatic heterocycles. The van der Waals surface area contributed by atoms with Crippen molar-refractivity contribution in [3.05, 3.63) is 15.1 Å². The van der Waals surface area contributed by atoms with Gasteiger partial charge >= 0.3 is 0 Å². The Morgan fingerprint density at radius 2 is 2.31 bits per heavy atom. The molecule has 2 rings (SSSR count). The highest BCUT2D eigenvalue weighted by atomic mass is 127. The molecule has 1 fully saturated rings. The van der Waals surface area contributed by atoms with Gasteiger partial charge in [-0.15, -0.1) is 0 Å². The van der Waals surface area contributed by atoms with Crippen molar-refractivity contribution in [2.75, 3.05) is 5.32 Å². The van der Waals surface area contributed by atoms with E-state index in [0.29, 0.717) is 11.3 Å². The van der Waals surface area contributed by atoms with Crippen LogP contribution < -0.4 is 5.32 Å². The minimum absolute atomic E-state index is 0.308. The second-order valence-electron chi connectivity index (χ2n) is 3.11. The van der Waals surface area contributed by atoms with Crippen LogP contribution in [0.1, 0.15) is 19.3 Å². The number of aromatic nitrogens is 2. The summed E-state index contributed by atoms with van der Waals surface area (Å²) in [6.45, 7) is 0. The van der Waals surface area contributed by atoms with Crippen molar-refractivity contribution >= 4 is 40.0 Å². The summed E-state index contributed by atoms with van der Waals surface area (Å²) in [6, 6.07) is 0.583. The van der Waals surface area contributed by atoms with Gasteiger partial charge in [-0.25, -0.2) is 4.98 Å². The van der Waals surface area contributed by atoms with Gasteiger partial charge in [0.15, 0.2) is 0 Å². The van der Waals surface area contributed by atoms with Gasteiger partial charge in [0.25, 0.3) is 0 Å². The summed E-state index contributed by atoms with van der Waals surface area (Å²) in [7, 11) is 0. The van der Waals surface area contributed by atoms with E-state index in [2.05, 4.69) is 37.9 Å². The Hall–Kier alpha value is -0.100. The summed E-state index contributed by atoms with van der Waals surface area (Å²) in [6.07, 6.45) is 5.51. The molecular formula is C8H9ClIN3. The highest BCUT2D eigenvalue weighted by molar-refractivity contribution is 14.1. The van der Waals surface area contributed by atoms with E-state index in [-0.39, 0.29) is 0 Å². The molecule has 0 radical (unpaired) electrons. The zero-order chi connectivity index (χ0) is 9.26. The van der Waals surface area contributed by atoms with Gasteiger partial charge in [0, 0.05) is 12.2 Å². The van der Waals surface area contributed by atoms with E-state index < -0.39 is 0 Å². The summed E-state index contributed by atoms with van der Waals surface area (Å²) in [4.78, 5) is 8.03. The first-order valence-electron chi connectivity index (χ1n) is 4.20. The summed E-state index contributed by atoms with van der Waals surface area (Å²) in [5.41, 5.74) is 0. The van der Waals surface area contributed by atoms with E-state index >= 15 is 0 Å². The first-order valence-corrected chi connectivity index (χ1v) is 5.66. The Morgan fingerprint density at radius 3 is 2.92 bits per heavy atom. The van der Waals surface area contributed by atoms with Crippen LogP contribution in [0.4, 0.5) is 5.82 Å². The van der Waals surface area contributed by atoms with Gasteiger partial charge in [0.2, 0.25) is 5.28 Å². The average molecular weight is 310 g/mol. The molecule has 1 aliphatic carbocycles. The van der Waals surface area contributed by atoms with Crippen molar-refractivity contribution in [2.45, 2.75) is 25.3 Å². The monoisotopic (exact) mass is 309 g/mol. The molecule has 1 aromatic rings. The summed E-state index contributed by atoms with van der Waals surface area (Å²) in [5.74, 6) is 0.866. The fourth-order valence-electron chi connectivity index (χ4n) is 1.19. The zero-order valence-corrected chi connectivity index (χ0v) is 9.84. The van der Waals surface area contributed by atoms with Gasteiger partial charge in [-0.1, -0.05) is 0 Å². The average Bonchev–Trinajstić information content (AvgIpc) is 2.03. The maximum Gasteiger partial charge on any atom is 0.224 e. The molecule has 0 amide bonds. The van der Waals surface area contributed by atoms with E-state index in [9.17, 15) is 0 Å². The quantitative estimate of drug-likeness (QED) is 0.674. The molecule has 0 saturated heterocycles. The van der Waals surface area contributed by atoms with Crippen molar-refractivity contribution in [3.63, 3.8) is 0 Å². The van der Waals surface area contributed by atoms with E-state index in [1.165, 1.54) is 19.3 Å². The lowest BCUT2D eigenvalue weighted by molar-refractivity contribution is 0.444. The Bertz CT molecular complexity index is 314. The van der Waals surface area contributed by atoms with Crippen LogP contribution in [-0.4, -0.2) is 16.0 Å². The molecule has 0 aromatic carbocycles. The molecule has 13 heavy (non-hydrogen) atoms. The van der Waals surface area contributed by atoms with Crippen LogP contribution >= 0.6 is 34.2 Å². The highest BCUT2D eigenvalue weighted by Gasteiger charge is 2.18. The lowest BCUT2D eigenvalue weighted by Gasteiger charge is -2.27. The lowest BCUT2D eigenvalue weighted by atomic mass is 9.93. The SMILES string of the molecule is Clc1ncc(I)c(NC2CCC2)n1. The van der Waals surface area contributed by atoms with Crippen LogP contribution in [0.15, 0.2) is 6.20 Å². The summed E-state index contributed by atoms with van der Waals surface area (Å²) >= 11 is 7.90. The fraction of sp³-hybridized carbons (Fsp3) is 0.500. The molecule has 70 valence electrons. The van der Waals surface area contributed by atoms with E-state index in [0.717, 1.165) is 9.39 Å². The number of anilines is 1. The normalized spacial score (nSPS) is 16.8. The number of rotatable bonds is 2. The van der Waals surface area contributed by atoms with Gasteiger partial charge in [-0.2, -0.15) is 4.98 Å². The van der Waals surface area contributed by atoms with Crippen LogP contribution in [0.2, 0.25) is 5.28 Å². The maximum absolute atomic E-state index is 5.70. The maximum atomic E-state index is 5.70. The molecule has 1 N–H and O–H groups in total. The third-order valence-corrected chi connectivity index (χ3v) is 3.13. The van der Waals surface area contributed by atoms with Crippen LogP contribution in [-0.2, 0) is 0 Å². The third kappa shape index (κ3) is 2.22. The summed E-state index contributed by atoms with van der Waals surface area (Å²) in [5, 5.41) is 3.65. The van der Waals surface area contributed by atoms with E-state index in [1.54, 1.807) is 6.20 Å². The lowest BCUT2D eigenvalue weighted by Crippen LogP contribution is -2.28. The molecule has 1 aliphatic rings. The van der Waals surface area contributed by atoms with Crippen molar-refractivity contribution < 1.29 is 0 Å². The Kier molecular flexibility index (Phi) is 2.88. The molecule has 5 heteroatoms. The molecular weight excluding hydrogens is 300 g/mol. The predicted octanol–water partition coefficient (Wildman–Crippen LogP) is 2.70. The van der Waals surface area contributed by atoms with E-state index in [1.807, 2.05) is 0 Å². The molecule has 0 atom stereocenters. The third-order valence-electron chi connectivity index (χ3n) is 2.16. The fourth-order valence-corrected chi connectivity index (χ4v) is 1.74. The standard InChI is InChI=1S/C8H9ClIN3/c9-8-11-4-6(10)7(13-8)12-5-2-1-3-5/h4-5H,1-3H2,(H,11,12,13). The van der Waals surface area contributed by atoms with Gasteiger partial charge in [-0.05, 0) is 53.5 Å². The van der Waals surface area contributed by atoms with Crippen molar-refractivity contribution in [3.8, 4) is 0 Å². The number of halogens is 2. The molecule has 3 nitrogen and oxygen atoms in total. The molecule has 1 aromatic heterocycles. The van der Waals surface area contributed by atoms with Crippen molar-refractivity contribution in [1.29, 1.82) is 0 Å². The number of hydrogen-bond donors (Lipinski definition) is 1. The van der Waals surface area contributed by atoms with Crippen molar-refractivity contribution in [2.24, 2.45) is 0 Å². The largest absolute Gasteiger partial charge is 0.366 e. The first kappa shape index (κ1) is 9.45. The molecule has 0 spiro atoms. The predicted molar refractivity (Wildman–Crippen MR) is 61.0 cm³/mol. The topological polar surface area (TPSA) is 37.8 Å². The van der Waals surface area contributed by atoms with E-state index in [4.69, 9.17) is 11.6 Å². The second-order valence-corrected chi connectivity index (χ2v) is 4.61. The Balaban J connectivity index is 2.13. The van der Waals surface area contributed by atoms with Crippen LogP contribution in [0, 0.1) is 3.57 Å². The molecule has 1 heterocycles.